The predicted molar refractivity (Wildman–Crippen MR) is 112 cm³/mol. The molecule has 8 heteroatoms. The van der Waals surface area contributed by atoms with Gasteiger partial charge in [0, 0.05) is 17.3 Å². The SMILES string of the molecule is COc1ccc(Cl)cc1N([C@H](C)C(=O)N1CCCc2ccccc21)S(C)(=O)=O. The minimum absolute atomic E-state index is 0.239. The van der Waals surface area contributed by atoms with Crippen LogP contribution in [-0.4, -0.2) is 40.3 Å². The van der Waals surface area contributed by atoms with Crippen LogP contribution >= 0.6 is 11.6 Å². The van der Waals surface area contributed by atoms with Crippen molar-refractivity contribution in [1.82, 2.24) is 0 Å². The second-order valence-corrected chi connectivity index (χ2v) is 9.07. The normalized spacial score (nSPS) is 14.9. The molecule has 0 spiro atoms. The third-order valence-electron chi connectivity index (χ3n) is 4.82. The van der Waals surface area contributed by atoms with E-state index >= 15 is 0 Å². The van der Waals surface area contributed by atoms with Crippen molar-refractivity contribution >= 4 is 38.9 Å². The molecule has 0 saturated heterocycles. The number of para-hydroxylation sites is 1. The lowest BCUT2D eigenvalue weighted by Crippen LogP contribution is -2.51. The number of carbonyl (C=O) groups is 1. The molecule has 0 bridgehead atoms. The number of sulfonamides is 1. The summed E-state index contributed by atoms with van der Waals surface area (Å²) in [6.07, 6.45) is 2.79. The Morgan fingerprint density at radius 2 is 1.96 bits per heavy atom. The van der Waals surface area contributed by atoms with Crippen LogP contribution < -0.4 is 13.9 Å². The smallest absolute Gasteiger partial charge is 0.250 e. The molecule has 1 aliphatic heterocycles. The van der Waals surface area contributed by atoms with Crippen LogP contribution in [0.15, 0.2) is 42.5 Å². The molecule has 0 saturated carbocycles. The molecule has 0 aliphatic carbocycles. The molecule has 0 fully saturated rings. The first-order valence-electron chi connectivity index (χ1n) is 8.96. The molecular weight excluding hydrogens is 400 g/mol. The summed E-state index contributed by atoms with van der Waals surface area (Å²) in [5, 5.41) is 0.354. The minimum atomic E-state index is -3.78. The Morgan fingerprint density at radius 1 is 1.25 bits per heavy atom. The first-order valence-corrected chi connectivity index (χ1v) is 11.2. The zero-order chi connectivity index (χ0) is 20.5. The monoisotopic (exact) mass is 422 g/mol. The Hall–Kier alpha value is -2.25. The summed E-state index contributed by atoms with van der Waals surface area (Å²) in [4.78, 5) is 15.0. The number of methoxy groups -OCH3 is 1. The summed E-state index contributed by atoms with van der Waals surface area (Å²) >= 11 is 6.10. The number of halogens is 1. The Kier molecular flexibility index (Phi) is 5.86. The van der Waals surface area contributed by atoms with Crippen molar-refractivity contribution in [3.05, 3.63) is 53.1 Å². The van der Waals surface area contributed by atoms with Gasteiger partial charge in [0.05, 0.1) is 19.1 Å². The fourth-order valence-electron chi connectivity index (χ4n) is 3.60. The minimum Gasteiger partial charge on any atom is -0.495 e. The Bertz CT molecular complexity index is 993. The topological polar surface area (TPSA) is 66.9 Å². The van der Waals surface area contributed by atoms with Gasteiger partial charge in [-0.1, -0.05) is 29.8 Å². The zero-order valence-electron chi connectivity index (χ0n) is 16.1. The molecule has 1 aliphatic rings. The first-order chi connectivity index (χ1) is 13.2. The fourth-order valence-corrected chi connectivity index (χ4v) is 4.93. The zero-order valence-corrected chi connectivity index (χ0v) is 17.6. The summed E-state index contributed by atoms with van der Waals surface area (Å²) < 4.78 is 31.7. The standard InChI is InChI=1S/C20H23ClN2O4S/c1-14(20(24)22-12-6-8-15-7-4-5-9-17(15)22)23(28(3,25)26)18-13-16(21)10-11-19(18)27-2/h4-5,7,9-11,13-14H,6,8,12H2,1-3H3/t14-/m1/s1. The average Bonchev–Trinajstić information content (AvgIpc) is 2.66. The molecule has 6 nitrogen and oxygen atoms in total. The number of hydrogen-bond donors (Lipinski definition) is 0. The number of carbonyl (C=O) groups excluding carboxylic acids is 1. The third kappa shape index (κ3) is 3.95. The molecule has 1 atom stereocenters. The lowest BCUT2D eigenvalue weighted by atomic mass is 10.0. The van der Waals surface area contributed by atoms with Crippen molar-refractivity contribution in [2.24, 2.45) is 0 Å². The van der Waals surface area contributed by atoms with E-state index in [4.69, 9.17) is 16.3 Å². The van der Waals surface area contributed by atoms with Crippen molar-refractivity contribution in [3.8, 4) is 5.75 Å². The van der Waals surface area contributed by atoms with Crippen LogP contribution in [0, 0.1) is 0 Å². The highest BCUT2D eigenvalue weighted by Gasteiger charge is 2.35. The van der Waals surface area contributed by atoms with Crippen LogP contribution in [0.4, 0.5) is 11.4 Å². The summed E-state index contributed by atoms with van der Waals surface area (Å²) in [6.45, 7) is 2.13. The van der Waals surface area contributed by atoms with Gasteiger partial charge in [0.2, 0.25) is 10.0 Å². The van der Waals surface area contributed by atoms with Gasteiger partial charge in [-0.15, -0.1) is 0 Å². The Balaban J connectivity index is 2.04. The molecule has 2 aromatic carbocycles. The molecule has 150 valence electrons. The number of ether oxygens (including phenoxy) is 1. The Labute approximate surface area is 170 Å². The largest absolute Gasteiger partial charge is 0.495 e. The number of fused-ring (bicyclic) bond motifs is 1. The maximum atomic E-state index is 13.4. The van der Waals surface area contributed by atoms with E-state index in [1.807, 2.05) is 24.3 Å². The molecule has 0 N–H and O–H groups in total. The molecule has 0 radical (unpaired) electrons. The van der Waals surface area contributed by atoms with Gasteiger partial charge in [-0.2, -0.15) is 0 Å². The van der Waals surface area contributed by atoms with Crippen LogP contribution in [-0.2, 0) is 21.2 Å². The van der Waals surface area contributed by atoms with Crippen molar-refractivity contribution in [2.75, 3.05) is 29.1 Å². The van der Waals surface area contributed by atoms with E-state index in [-0.39, 0.29) is 11.6 Å². The average molecular weight is 423 g/mol. The van der Waals surface area contributed by atoms with Crippen molar-refractivity contribution in [3.63, 3.8) is 0 Å². The molecule has 0 aromatic heterocycles. The first kappa shape index (κ1) is 20.5. The van der Waals surface area contributed by atoms with Crippen LogP contribution in [0.2, 0.25) is 5.02 Å². The highest BCUT2D eigenvalue weighted by atomic mass is 35.5. The van der Waals surface area contributed by atoms with E-state index < -0.39 is 16.1 Å². The maximum absolute atomic E-state index is 13.4. The second-order valence-electron chi connectivity index (χ2n) is 6.77. The number of benzene rings is 2. The van der Waals surface area contributed by atoms with Gasteiger partial charge >= 0.3 is 0 Å². The van der Waals surface area contributed by atoms with Crippen LogP contribution in [0.3, 0.4) is 0 Å². The van der Waals surface area contributed by atoms with E-state index in [1.54, 1.807) is 24.0 Å². The number of aryl methyl sites for hydroxylation is 1. The predicted octanol–water partition coefficient (Wildman–Crippen LogP) is 3.48. The molecule has 0 unspecified atom stereocenters. The number of nitrogens with zero attached hydrogens (tertiary/aromatic N) is 2. The highest BCUT2D eigenvalue weighted by Crippen LogP contribution is 2.35. The van der Waals surface area contributed by atoms with Gasteiger partial charge in [0.15, 0.2) is 0 Å². The van der Waals surface area contributed by atoms with Crippen molar-refractivity contribution in [1.29, 1.82) is 0 Å². The van der Waals surface area contributed by atoms with E-state index in [0.717, 1.165) is 34.7 Å². The van der Waals surface area contributed by atoms with Crippen LogP contribution in [0.1, 0.15) is 18.9 Å². The lowest BCUT2D eigenvalue weighted by Gasteiger charge is -2.35. The van der Waals surface area contributed by atoms with Gasteiger partial charge in [-0.25, -0.2) is 8.42 Å². The summed E-state index contributed by atoms with van der Waals surface area (Å²) in [7, 11) is -2.34. The van der Waals surface area contributed by atoms with E-state index in [1.165, 1.54) is 13.2 Å². The summed E-state index contributed by atoms with van der Waals surface area (Å²) in [5.74, 6) is 0.0353. The summed E-state index contributed by atoms with van der Waals surface area (Å²) in [5.41, 5.74) is 2.15. The number of anilines is 2. The van der Waals surface area contributed by atoms with E-state index in [0.29, 0.717) is 17.3 Å². The van der Waals surface area contributed by atoms with Gasteiger partial charge in [-0.3, -0.25) is 9.10 Å². The van der Waals surface area contributed by atoms with Crippen molar-refractivity contribution in [2.45, 2.75) is 25.8 Å². The molecule has 2 aromatic rings. The molecule has 1 amide bonds. The van der Waals surface area contributed by atoms with Crippen LogP contribution in [0.25, 0.3) is 0 Å². The van der Waals surface area contributed by atoms with Gasteiger partial charge in [0.1, 0.15) is 11.8 Å². The Morgan fingerprint density at radius 3 is 2.64 bits per heavy atom. The number of hydrogen-bond acceptors (Lipinski definition) is 4. The molecular formula is C20H23ClN2O4S. The fraction of sp³-hybridized carbons (Fsp3) is 0.350. The number of rotatable bonds is 5. The second kappa shape index (κ2) is 8.01. The van der Waals surface area contributed by atoms with E-state index in [9.17, 15) is 13.2 Å². The molecule has 3 rings (SSSR count). The summed E-state index contributed by atoms with van der Waals surface area (Å²) in [6, 6.07) is 11.4. The van der Waals surface area contributed by atoms with E-state index in [2.05, 4.69) is 0 Å². The van der Waals surface area contributed by atoms with Crippen molar-refractivity contribution < 1.29 is 17.9 Å². The maximum Gasteiger partial charge on any atom is 0.250 e. The van der Waals surface area contributed by atoms with Gasteiger partial charge in [-0.05, 0) is 49.6 Å². The molecule has 28 heavy (non-hydrogen) atoms. The highest BCUT2D eigenvalue weighted by molar-refractivity contribution is 7.92. The quantitative estimate of drug-likeness (QED) is 0.739. The molecule has 1 heterocycles. The van der Waals surface area contributed by atoms with Crippen LogP contribution in [0.5, 0.6) is 5.75 Å². The lowest BCUT2D eigenvalue weighted by molar-refractivity contribution is -0.119. The number of amides is 1. The van der Waals surface area contributed by atoms with Gasteiger partial charge in [0.25, 0.3) is 5.91 Å². The third-order valence-corrected chi connectivity index (χ3v) is 6.28. The van der Waals surface area contributed by atoms with Gasteiger partial charge < -0.3 is 9.64 Å².